The summed E-state index contributed by atoms with van der Waals surface area (Å²) in [4.78, 5) is 26.5. The molecule has 0 aromatic heterocycles. The molecule has 0 bridgehead atoms. The fourth-order valence-corrected chi connectivity index (χ4v) is 4.58. The van der Waals surface area contributed by atoms with E-state index in [-0.39, 0.29) is 36.4 Å². The highest BCUT2D eigenvalue weighted by atomic mass is 16.8. The number of esters is 1. The maximum atomic E-state index is 13.5. The number of carbonyl (C=O) groups excluding carboxylic acids is 2. The van der Waals surface area contributed by atoms with E-state index >= 15 is 0 Å². The van der Waals surface area contributed by atoms with Gasteiger partial charge in [0.15, 0.2) is 18.4 Å². The van der Waals surface area contributed by atoms with Gasteiger partial charge in [0.2, 0.25) is 0 Å². The van der Waals surface area contributed by atoms with Gasteiger partial charge >= 0.3 is 5.97 Å². The van der Waals surface area contributed by atoms with Crippen LogP contribution < -0.4 is 14.2 Å². The number of cyclic esters (lactones) is 1. The van der Waals surface area contributed by atoms with Gasteiger partial charge in [0.05, 0.1) is 13.2 Å². The van der Waals surface area contributed by atoms with E-state index in [4.69, 9.17) is 33.2 Å². The second-order valence-electron chi connectivity index (χ2n) is 10.5. The number of carbonyl (C=O) groups is 2. The highest BCUT2D eigenvalue weighted by Gasteiger charge is 2.43. The molecule has 0 N–H and O–H groups in total. The Balaban J connectivity index is 1.71. The minimum atomic E-state index is -0.903. The van der Waals surface area contributed by atoms with E-state index in [9.17, 15) is 9.59 Å². The van der Waals surface area contributed by atoms with Crippen molar-refractivity contribution in [1.29, 1.82) is 0 Å². The number of fused-ring (bicyclic) bond motifs is 2. The summed E-state index contributed by atoms with van der Waals surface area (Å²) in [5.41, 5.74) is 1.71. The molecule has 4 atom stereocenters. The number of benzene rings is 2. The largest absolute Gasteiger partial charge is 0.497 e. The van der Waals surface area contributed by atoms with E-state index in [2.05, 4.69) is 0 Å². The van der Waals surface area contributed by atoms with Crippen LogP contribution in [0.15, 0.2) is 54.6 Å². The van der Waals surface area contributed by atoms with Crippen LogP contribution in [0.4, 0.5) is 0 Å². The van der Waals surface area contributed by atoms with E-state index < -0.39 is 30.1 Å². The normalized spacial score (nSPS) is 25.7. The molecule has 9 heteroatoms. The highest BCUT2D eigenvalue weighted by Crippen LogP contribution is 2.34. The molecule has 41 heavy (non-hydrogen) atoms. The second kappa shape index (κ2) is 13.3. The van der Waals surface area contributed by atoms with Gasteiger partial charge in [-0.15, -0.1) is 0 Å². The number of ether oxygens (including phenoxy) is 7. The van der Waals surface area contributed by atoms with Gasteiger partial charge in [-0.3, -0.25) is 4.79 Å². The topological polar surface area (TPSA) is 98.8 Å². The standard InChI is InChI=1S/C32H38O9/c1-20-10-15-26(33)30-27(40-32(3,4)41-30)9-7-8-23-16-25(37-18-22-11-13-24(36-6)14-12-22)17-28(38-19-35-5)29(23)31(34)39-21(20)2/h7-8,10-17,20-21,27,30H,9,18-19H2,1-6H3/b8-7+,15-10-/t20-,21+,27?,30?/m1/s1. The molecular weight excluding hydrogens is 528 g/mol. The summed E-state index contributed by atoms with van der Waals surface area (Å²) >= 11 is 0. The third kappa shape index (κ3) is 7.75. The molecule has 2 heterocycles. The van der Waals surface area contributed by atoms with Crippen LogP contribution in [0.5, 0.6) is 17.2 Å². The Morgan fingerprint density at radius 3 is 2.41 bits per heavy atom. The van der Waals surface area contributed by atoms with Crippen LogP contribution in [0, 0.1) is 5.92 Å². The van der Waals surface area contributed by atoms with Gasteiger partial charge in [-0.05, 0) is 62.6 Å². The molecule has 2 aliphatic rings. The van der Waals surface area contributed by atoms with Gasteiger partial charge in [0, 0.05) is 19.1 Å². The van der Waals surface area contributed by atoms with Crippen molar-refractivity contribution in [3.63, 3.8) is 0 Å². The van der Waals surface area contributed by atoms with Crippen LogP contribution in [-0.4, -0.2) is 56.9 Å². The summed E-state index contributed by atoms with van der Waals surface area (Å²) in [6.07, 6.45) is 5.44. The molecule has 220 valence electrons. The third-order valence-electron chi connectivity index (χ3n) is 6.93. The van der Waals surface area contributed by atoms with Crippen molar-refractivity contribution in [2.75, 3.05) is 21.0 Å². The maximum Gasteiger partial charge on any atom is 0.342 e. The molecule has 1 saturated heterocycles. The van der Waals surface area contributed by atoms with Crippen molar-refractivity contribution in [2.45, 2.75) is 64.8 Å². The molecule has 9 nitrogen and oxygen atoms in total. The predicted molar refractivity (Wildman–Crippen MR) is 152 cm³/mol. The molecule has 0 spiro atoms. The first kappa shape index (κ1) is 30.3. The quantitative estimate of drug-likeness (QED) is 0.318. The zero-order chi connectivity index (χ0) is 29.6. The Labute approximate surface area is 241 Å². The molecule has 2 aromatic rings. The number of ketones is 1. The van der Waals surface area contributed by atoms with Gasteiger partial charge in [-0.25, -0.2) is 4.79 Å². The van der Waals surface area contributed by atoms with Crippen molar-refractivity contribution in [3.05, 3.63) is 71.3 Å². The van der Waals surface area contributed by atoms with Crippen LogP contribution in [-0.2, 0) is 30.3 Å². The molecular formula is C32H38O9. The van der Waals surface area contributed by atoms with Crippen LogP contribution in [0.3, 0.4) is 0 Å². The summed E-state index contributed by atoms with van der Waals surface area (Å²) in [7, 11) is 3.11. The van der Waals surface area contributed by atoms with Gasteiger partial charge in [-0.1, -0.05) is 37.3 Å². The number of hydrogen-bond donors (Lipinski definition) is 0. The molecule has 0 saturated carbocycles. The van der Waals surface area contributed by atoms with Crippen LogP contribution in [0.25, 0.3) is 6.08 Å². The predicted octanol–water partition coefficient (Wildman–Crippen LogP) is 5.50. The summed E-state index contributed by atoms with van der Waals surface area (Å²) in [5, 5.41) is 0. The molecule has 2 aliphatic heterocycles. The van der Waals surface area contributed by atoms with E-state index in [0.29, 0.717) is 17.7 Å². The Morgan fingerprint density at radius 2 is 1.71 bits per heavy atom. The van der Waals surface area contributed by atoms with Gasteiger partial charge in [0.25, 0.3) is 0 Å². The zero-order valence-corrected chi connectivity index (χ0v) is 24.4. The molecule has 0 amide bonds. The zero-order valence-electron chi connectivity index (χ0n) is 24.4. The number of methoxy groups -OCH3 is 2. The summed E-state index contributed by atoms with van der Waals surface area (Å²) in [5.74, 6) is -0.394. The first-order valence-corrected chi connectivity index (χ1v) is 13.6. The molecule has 4 rings (SSSR count). The lowest BCUT2D eigenvalue weighted by Gasteiger charge is -2.21. The summed E-state index contributed by atoms with van der Waals surface area (Å²) < 4.78 is 40.1. The molecule has 2 unspecified atom stereocenters. The second-order valence-corrected chi connectivity index (χ2v) is 10.5. The lowest BCUT2D eigenvalue weighted by Crippen LogP contribution is -2.30. The Bertz CT molecular complexity index is 1280. The van der Waals surface area contributed by atoms with E-state index in [0.717, 1.165) is 11.3 Å². The van der Waals surface area contributed by atoms with E-state index in [1.807, 2.05) is 37.3 Å². The number of hydrogen-bond acceptors (Lipinski definition) is 9. The van der Waals surface area contributed by atoms with Crippen molar-refractivity contribution in [2.24, 2.45) is 5.92 Å². The minimum absolute atomic E-state index is 0.0772. The first-order chi connectivity index (χ1) is 19.6. The van der Waals surface area contributed by atoms with Crippen molar-refractivity contribution >= 4 is 17.8 Å². The first-order valence-electron chi connectivity index (χ1n) is 13.6. The Morgan fingerprint density at radius 1 is 0.951 bits per heavy atom. The molecule has 0 aliphatic carbocycles. The minimum Gasteiger partial charge on any atom is -0.497 e. The molecule has 0 radical (unpaired) electrons. The highest BCUT2D eigenvalue weighted by molar-refractivity contribution is 5.97. The fourth-order valence-electron chi connectivity index (χ4n) is 4.58. The van der Waals surface area contributed by atoms with Crippen LogP contribution >= 0.6 is 0 Å². The third-order valence-corrected chi connectivity index (χ3v) is 6.93. The molecule has 1 fully saturated rings. The molecule has 2 aromatic carbocycles. The SMILES string of the molecule is COCOc1cc(OCc2ccc(OC)cc2)cc2c1C(=O)O[C@@H](C)[C@H](C)/C=C\C(=O)C1OC(C)(C)OC1C/C=C/2. The lowest BCUT2D eigenvalue weighted by molar-refractivity contribution is -0.152. The van der Waals surface area contributed by atoms with Crippen molar-refractivity contribution in [1.82, 2.24) is 0 Å². The van der Waals surface area contributed by atoms with Crippen molar-refractivity contribution < 1.29 is 42.7 Å². The van der Waals surface area contributed by atoms with Crippen molar-refractivity contribution in [3.8, 4) is 17.2 Å². The van der Waals surface area contributed by atoms with Gasteiger partial charge in [-0.2, -0.15) is 0 Å². The smallest absolute Gasteiger partial charge is 0.342 e. The Kier molecular flexibility index (Phi) is 9.86. The average molecular weight is 567 g/mol. The van der Waals surface area contributed by atoms with Crippen LogP contribution in [0.2, 0.25) is 0 Å². The van der Waals surface area contributed by atoms with Crippen LogP contribution in [0.1, 0.15) is 55.6 Å². The fraction of sp³-hybridized carbons (Fsp3) is 0.438. The van der Waals surface area contributed by atoms with Gasteiger partial charge in [0.1, 0.15) is 41.6 Å². The monoisotopic (exact) mass is 566 g/mol. The summed E-state index contributed by atoms with van der Waals surface area (Å²) in [6, 6.07) is 11.0. The van der Waals surface area contributed by atoms with E-state index in [1.54, 1.807) is 52.2 Å². The van der Waals surface area contributed by atoms with E-state index in [1.165, 1.54) is 13.2 Å². The Hall–Kier alpha value is -3.66. The maximum absolute atomic E-state index is 13.5. The summed E-state index contributed by atoms with van der Waals surface area (Å²) in [6.45, 7) is 7.43. The van der Waals surface area contributed by atoms with Gasteiger partial charge < -0.3 is 33.2 Å². The lowest BCUT2D eigenvalue weighted by atomic mass is 9.99. The number of rotatable bonds is 7. The average Bonchev–Trinajstić information content (AvgIpc) is 3.27.